The van der Waals surface area contributed by atoms with Gasteiger partial charge < -0.3 is 5.32 Å². The molecule has 4 nitrogen and oxygen atoms in total. The van der Waals surface area contributed by atoms with Gasteiger partial charge in [-0.3, -0.25) is 4.68 Å². The number of aromatic nitrogens is 3. The zero-order valence-corrected chi connectivity index (χ0v) is 11.2. The molecular weight excluding hydrogens is 263 g/mol. The van der Waals surface area contributed by atoms with Gasteiger partial charge in [-0.2, -0.15) is 5.10 Å². The van der Waals surface area contributed by atoms with Crippen LogP contribution < -0.4 is 5.32 Å². The van der Waals surface area contributed by atoms with Crippen LogP contribution in [0.15, 0.2) is 30.6 Å². The number of halogens is 1. The van der Waals surface area contributed by atoms with Crippen LogP contribution in [-0.2, 0) is 13.5 Å². The number of nitrogens with one attached hydrogen (secondary N) is 1. The molecule has 0 amide bonds. The second-order valence-electron chi connectivity index (χ2n) is 4.33. The summed E-state index contributed by atoms with van der Waals surface area (Å²) in [5, 5.41) is 8.20. The fourth-order valence-corrected chi connectivity index (χ4v) is 2.76. The van der Waals surface area contributed by atoms with E-state index in [2.05, 4.69) is 15.4 Å². The minimum atomic E-state index is -0.250. The van der Waals surface area contributed by atoms with Crippen molar-refractivity contribution in [3.05, 3.63) is 42.0 Å². The summed E-state index contributed by atoms with van der Waals surface area (Å²) < 4.78 is 15.8. The van der Waals surface area contributed by atoms with Gasteiger partial charge in [-0.1, -0.05) is 11.3 Å². The second-order valence-corrected chi connectivity index (χ2v) is 5.36. The Bertz CT molecular complexity index is 704. The Hall–Kier alpha value is -1.95. The Morgan fingerprint density at radius 1 is 1.42 bits per heavy atom. The highest BCUT2D eigenvalue weighted by molar-refractivity contribution is 7.22. The highest BCUT2D eigenvalue weighted by Crippen LogP contribution is 2.26. The van der Waals surface area contributed by atoms with E-state index in [0.717, 1.165) is 22.8 Å². The van der Waals surface area contributed by atoms with E-state index in [9.17, 15) is 4.39 Å². The van der Waals surface area contributed by atoms with E-state index in [4.69, 9.17) is 0 Å². The molecule has 0 aliphatic carbocycles. The lowest BCUT2D eigenvalue weighted by molar-refractivity contribution is 0.629. The van der Waals surface area contributed by atoms with Crippen molar-refractivity contribution in [1.82, 2.24) is 14.8 Å². The van der Waals surface area contributed by atoms with Crippen LogP contribution in [0.5, 0.6) is 0 Å². The topological polar surface area (TPSA) is 42.7 Å². The van der Waals surface area contributed by atoms with Gasteiger partial charge in [0.15, 0.2) is 5.13 Å². The van der Waals surface area contributed by atoms with Gasteiger partial charge in [0.2, 0.25) is 0 Å². The van der Waals surface area contributed by atoms with Gasteiger partial charge in [0, 0.05) is 25.9 Å². The molecular formula is C13H13FN4S. The quantitative estimate of drug-likeness (QED) is 0.797. The maximum Gasteiger partial charge on any atom is 0.183 e. The van der Waals surface area contributed by atoms with Crippen LogP contribution >= 0.6 is 11.3 Å². The van der Waals surface area contributed by atoms with Gasteiger partial charge in [-0.05, 0) is 24.1 Å². The molecule has 2 aromatic heterocycles. The monoisotopic (exact) mass is 276 g/mol. The smallest absolute Gasteiger partial charge is 0.183 e. The van der Waals surface area contributed by atoms with Crippen LogP contribution in [0.2, 0.25) is 0 Å². The van der Waals surface area contributed by atoms with Crippen LogP contribution in [0.3, 0.4) is 0 Å². The number of benzene rings is 1. The first-order chi connectivity index (χ1) is 9.20. The lowest BCUT2D eigenvalue weighted by Crippen LogP contribution is -2.03. The molecule has 6 heteroatoms. The SMILES string of the molecule is Cn1cc(CCNc2nc3cc(F)ccc3s2)cn1. The van der Waals surface area contributed by atoms with Gasteiger partial charge >= 0.3 is 0 Å². The van der Waals surface area contributed by atoms with E-state index in [0.29, 0.717) is 5.52 Å². The molecule has 0 saturated heterocycles. The van der Waals surface area contributed by atoms with E-state index in [-0.39, 0.29) is 5.82 Å². The van der Waals surface area contributed by atoms with Crippen molar-refractivity contribution >= 4 is 26.7 Å². The maximum absolute atomic E-state index is 13.1. The molecule has 3 aromatic rings. The van der Waals surface area contributed by atoms with Crippen LogP contribution in [0, 0.1) is 5.82 Å². The molecule has 0 spiro atoms. The summed E-state index contributed by atoms with van der Waals surface area (Å²) in [4.78, 5) is 4.36. The first kappa shape index (κ1) is 12.1. The van der Waals surface area contributed by atoms with Gasteiger partial charge in [-0.25, -0.2) is 9.37 Å². The molecule has 98 valence electrons. The molecule has 0 radical (unpaired) electrons. The molecule has 19 heavy (non-hydrogen) atoms. The molecule has 0 bridgehead atoms. The van der Waals surface area contributed by atoms with Crippen LogP contribution in [-0.4, -0.2) is 21.3 Å². The zero-order chi connectivity index (χ0) is 13.2. The molecule has 0 aliphatic heterocycles. The number of anilines is 1. The van der Waals surface area contributed by atoms with E-state index >= 15 is 0 Å². The minimum absolute atomic E-state index is 0.250. The number of hydrogen-bond donors (Lipinski definition) is 1. The number of aryl methyl sites for hydroxylation is 1. The maximum atomic E-state index is 13.1. The zero-order valence-electron chi connectivity index (χ0n) is 10.4. The summed E-state index contributed by atoms with van der Waals surface area (Å²) in [6.45, 7) is 0.786. The largest absolute Gasteiger partial charge is 0.361 e. The highest BCUT2D eigenvalue weighted by atomic mass is 32.1. The summed E-state index contributed by atoms with van der Waals surface area (Å²) in [5.74, 6) is -0.250. The van der Waals surface area contributed by atoms with E-state index in [1.54, 1.807) is 10.7 Å². The lowest BCUT2D eigenvalue weighted by atomic mass is 10.2. The summed E-state index contributed by atoms with van der Waals surface area (Å²) in [6, 6.07) is 4.67. The Morgan fingerprint density at radius 3 is 3.11 bits per heavy atom. The molecule has 0 atom stereocenters. The van der Waals surface area contributed by atoms with Crippen molar-refractivity contribution in [1.29, 1.82) is 0 Å². The van der Waals surface area contributed by atoms with E-state index in [1.165, 1.54) is 29.0 Å². The van der Waals surface area contributed by atoms with Crippen molar-refractivity contribution in [3.63, 3.8) is 0 Å². The molecule has 0 unspecified atom stereocenters. The summed E-state index contributed by atoms with van der Waals surface area (Å²) in [6.07, 6.45) is 4.74. The van der Waals surface area contributed by atoms with Gasteiger partial charge in [0.05, 0.1) is 16.4 Å². The normalized spacial score (nSPS) is 11.1. The summed E-state index contributed by atoms with van der Waals surface area (Å²) >= 11 is 1.54. The highest BCUT2D eigenvalue weighted by Gasteiger charge is 2.04. The number of rotatable bonds is 4. The van der Waals surface area contributed by atoms with Gasteiger partial charge in [0.1, 0.15) is 5.82 Å². The summed E-state index contributed by atoms with van der Waals surface area (Å²) in [5.41, 5.74) is 1.89. The minimum Gasteiger partial charge on any atom is -0.361 e. The van der Waals surface area contributed by atoms with Gasteiger partial charge in [-0.15, -0.1) is 0 Å². The Kier molecular flexibility index (Phi) is 3.16. The summed E-state index contributed by atoms with van der Waals surface area (Å²) in [7, 11) is 1.90. The molecule has 0 fully saturated rings. The molecule has 1 aromatic carbocycles. The van der Waals surface area contributed by atoms with Crippen molar-refractivity contribution in [2.24, 2.45) is 7.05 Å². The predicted octanol–water partition coefficient (Wildman–Crippen LogP) is 2.82. The lowest BCUT2D eigenvalue weighted by Gasteiger charge is -1.99. The molecule has 3 rings (SSSR count). The van der Waals surface area contributed by atoms with Crippen LogP contribution in [0.25, 0.3) is 10.2 Å². The third-order valence-corrected chi connectivity index (χ3v) is 3.79. The van der Waals surface area contributed by atoms with Gasteiger partial charge in [0.25, 0.3) is 0 Å². The average molecular weight is 276 g/mol. The molecule has 0 aliphatic rings. The Balaban J connectivity index is 1.65. The Morgan fingerprint density at radius 2 is 2.32 bits per heavy atom. The molecule has 2 heterocycles. The average Bonchev–Trinajstić information content (AvgIpc) is 2.95. The molecule has 0 saturated carbocycles. The Labute approximate surface area is 113 Å². The molecule has 1 N–H and O–H groups in total. The van der Waals surface area contributed by atoms with Crippen molar-refractivity contribution in [2.75, 3.05) is 11.9 Å². The van der Waals surface area contributed by atoms with E-state index < -0.39 is 0 Å². The number of thiazole rings is 1. The van der Waals surface area contributed by atoms with Crippen molar-refractivity contribution < 1.29 is 4.39 Å². The second kappa shape index (κ2) is 4.97. The first-order valence-corrected chi connectivity index (χ1v) is 6.80. The van der Waals surface area contributed by atoms with Crippen LogP contribution in [0.4, 0.5) is 9.52 Å². The van der Waals surface area contributed by atoms with E-state index in [1.807, 2.05) is 19.4 Å². The van der Waals surface area contributed by atoms with Crippen molar-refractivity contribution in [2.45, 2.75) is 6.42 Å². The fraction of sp³-hybridized carbons (Fsp3) is 0.231. The predicted molar refractivity (Wildman–Crippen MR) is 75.0 cm³/mol. The standard InChI is InChI=1S/C13H13FN4S/c1-18-8-9(7-16-18)4-5-15-13-17-11-6-10(14)2-3-12(11)19-13/h2-3,6-8H,4-5H2,1H3,(H,15,17). The first-order valence-electron chi connectivity index (χ1n) is 5.98. The number of fused-ring (bicyclic) bond motifs is 1. The van der Waals surface area contributed by atoms with Crippen LogP contribution in [0.1, 0.15) is 5.56 Å². The number of nitrogens with zero attached hydrogens (tertiary/aromatic N) is 3. The fourth-order valence-electron chi connectivity index (χ4n) is 1.89. The third-order valence-electron chi connectivity index (χ3n) is 2.80. The van der Waals surface area contributed by atoms with Crippen molar-refractivity contribution in [3.8, 4) is 0 Å². The third kappa shape index (κ3) is 2.73. The number of hydrogen-bond acceptors (Lipinski definition) is 4.